The topological polar surface area (TPSA) is 75.4 Å². The van der Waals surface area contributed by atoms with Gasteiger partial charge in [0.2, 0.25) is 10.0 Å². The second-order valence-corrected chi connectivity index (χ2v) is 7.56. The summed E-state index contributed by atoms with van der Waals surface area (Å²) in [6.07, 6.45) is 1.01. The van der Waals surface area contributed by atoms with Crippen LogP contribution in [-0.4, -0.2) is 40.0 Å². The molecule has 0 spiro atoms. The fraction of sp³-hybridized carbons (Fsp3) is 0.538. The number of nitrogens with zero attached hydrogens (tertiary/aromatic N) is 1. The third kappa shape index (κ3) is 3.44. The van der Waals surface area contributed by atoms with Gasteiger partial charge in [-0.05, 0) is 50.6 Å². The summed E-state index contributed by atoms with van der Waals surface area (Å²) >= 11 is 5.90. The summed E-state index contributed by atoms with van der Waals surface area (Å²) in [5.41, 5.74) is 6.69. The van der Waals surface area contributed by atoms with E-state index in [1.54, 1.807) is 13.0 Å². The van der Waals surface area contributed by atoms with Gasteiger partial charge in [-0.3, -0.25) is 0 Å². The predicted molar refractivity (Wildman–Crippen MR) is 81.4 cm³/mol. The number of halogens is 1. The van der Waals surface area contributed by atoms with Crippen LogP contribution in [0.1, 0.15) is 12.0 Å². The average Bonchev–Trinajstić information content (AvgIpc) is 2.77. The van der Waals surface area contributed by atoms with Crippen LogP contribution in [0.5, 0.6) is 0 Å². The molecule has 0 saturated carbocycles. The van der Waals surface area contributed by atoms with Crippen molar-refractivity contribution in [2.75, 3.05) is 32.4 Å². The lowest BCUT2D eigenvalue weighted by Gasteiger charge is -2.14. The van der Waals surface area contributed by atoms with E-state index < -0.39 is 10.0 Å². The highest BCUT2D eigenvalue weighted by atomic mass is 35.5. The van der Waals surface area contributed by atoms with Crippen molar-refractivity contribution in [3.05, 3.63) is 22.7 Å². The minimum Gasteiger partial charge on any atom is -0.398 e. The fourth-order valence-electron chi connectivity index (χ4n) is 2.45. The quantitative estimate of drug-likeness (QED) is 0.824. The van der Waals surface area contributed by atoms with Crippen LogP contribution in [0.25, 0.3) is 0 Å². The average molecular weight is 318 g/mol. The van der Waals surface area contributed by atoms with Crippen LogP contribution in [0.3, 0.4) is 0 Å². The van der Waals surface area contributed by atoms with Crippen LogP contribution in [0.2, 0.25) is 5.02 Å². The van der Waals surface area contributed by atoms with Crippen LogP contribution in [-0.2, 0) is 10.0 Å². The largest absolute Gasteiger partial charge is 0.398 e. The lowest BCUT2D eigenvalue weighted by Crippen LogP contribution is -2.31. The first-order valence-corrected chi connectivity index (χ1v) is 8.39. The van der Waals surface area contributed by atoms with Gasteiger partial charge in [0.25, 0.3) is 0 Å². The number of nitrogen functional groups attached to an aromatic ring is 1. The highest BCUT2D eigenvalue weighted by Crippen LogP contribution is 2.26. The van der Waals surface area contributed by atoms with Gasteiger partial charge in [-0.2, -0.15) is 0 Å². The van der Waals surface area contributed by atoms with E-state index in [0.29, 0.717) is 28.7 Å². The van der Waals surface area contributed by atoms with Gasteiger partial charge in [-0.25, -0.2) is 13.1 Å². The molecule has 1 fully saturated rings. The first kappa shape index (κ1) is 15.6. The van der Waals surface area contributed by atoms with Crippen molar-refractivity contribution in [3.8, 4) is 0 Å². The Morgan fingerprint density at radius 2 is 2.20 bits per heavy atom. The maximum Gasteiger partial charge on any atom is 0.240 e. The van der Waals surface area contributed by atoms with Crippen molar-refractivity contribution in [2.45, 2.75) is 18.2 Å². The Labute approximate surface area is 125 Å². The molecule has 1 aromatic carbocycles. The number of hydrogen-bond donors (Lipinski definition) is 2. The molecule has 112 valence electrons. The van der Waals surface area contributed by atoms with Gasteiger partial charge in [-0.1, -0.05) is 11.6 Å². The number of nitrogens with one attached hydrogen (secondary N) is 1. The van der Waals surface area contributed by atoms with E-state index in [2.05, 4.69) is 9.62 Å². The van der Waals surface area contributed by atoms with Crippen LogP contribution in [0.4, 0.5) is 5.69 Å². The van der Waals surface area contributed by atoms with Gasteiger partial charge >= 0.3 is 0 Å². The first-order chi connectivity index (χ1) is 9.29. The van der Waals surface area contributed by atoms with E-state index in [1.165, 1.54) is 6.07 Å². The SMILES string of the molecule is Cc1c(N)cc(Cl)cc1S(=O)(=O)NCC1CCN(C)C1. The van der Waals surface area contributed by atoms with E-state index >= 15 is 0 Å². The van der Waals surface area contributed by atoms with Crippen LogP contribution < -0.4 is 10.5 Å². The zero-order valence-corrected chi connectivity index (χ0v) is 13.3. The molecule has 0 bridgehead atoms. The minimum absolute atomic E-state index is 0.161. The number of rotatable bonds is 4. The fourth-order valence-corrected chi connectivity index (χ4v) is 4.16. The van der Waals surface area contributed by atoms with Crippen molar-refractivity contribution < 1.29 is 8.42 Å². The predicted octanol–water partition coefficient (Wildman–Crippen LogP) is 1.46. The highest BCUT2D eigenvalue weighted by Gasteiger charge is 2.24. The number of sulfonamides is 1. The zero-order chi connectivity index (χ0) is 14.9. The molecule has 2 rings (SSSR count). The number of likely N-dealkylation sites (tertiary alicyclic amines) is 1. The molecule has 1 aliphatic heterocycles. The molecule has 0 aliphatic carbocycles. The molecule has 1 aromatic rings. The van der Waals surface area contributed by atoms with Crippen molar-refractivity contribution >= 4 is 27.3 Å². The third-order valence-electron chi connectivity index (χ3n) is 3.71. The Morgan fingerprint density at radius 3 is 2.80 bits per heavy atom. The van der Waals surface area contributed by atoms with Crippen LogP contribution in [0.15, 0.2) is 17.0 Å². The second kappa shape index (κ2) is 5.89. The molecule has 1 atom stereocenters. The van der Waals surface area contributed by atoms with E-state index in [-0.39, 0.29) is 4.90 Å². The van der Waals surface area contributed by atoms with Gasteiger partial charge in [0, 0.05) is 23.8 Å². The molecular formula is C13H20ClN3O2S. The summed E-state index contributed by atoms with van der Waals surface area (Å²) in [4.78, 5) is 2.36. The molecule has 0 aromatic heterocycles. The monoisotopic (exact) mass is 317 g/mol. The maximum absolute atomic E-state index is 12.4. The standard InChI is InChI=1S/C13H20ClN3O2S/c1-9-12(15)5-11(14)6-13(9)20(18,19)16-7-10-3-4-17(2)8-10/h5-6,10,16H,3-4,7-8,15H2,1-2H3. The van der Waals surface area contributed by atoms with Crippen LogP contribution in [0, 0.1) is 12.8 Å². The molecule has 5 nitrogen and oxygen atoms in total. The highest BCUT2D eigenvalue weighted by molar-refractivity contribution is 7.89. The smallest absolute Gasteiger partial charge is 0.240 e. The van der Waals surface area contributed by atoms with Crippen LogP contribution >= 0.6 is 11.6 Å². The number of nitrogens with two attached hydrogens (primary N) is 1. The molecule has 0 radical (unpaired) electrons. The molecule has 3 N–H and O–H groups in total. The Bertz CT molecular complexity index is 604. The first-order valence-electron chi connectivity index (χ1n) is 6.53. The normalized spacial score (nSPS) is 20.4. The Kier molecular flexibility index (Phi) is 4.59. The van der Waals surface area contributed by atoms with Gasteiger partial charge in [0.1, 0.15) is 0 Å². The third-order valence-corrected chi connectivity index (χ3v) is 5.47. The summed E-state index contributed by atoms with van der Waals surface area (Å²) in [5, 5.41) is 0.328. The van der Waals surface area contributed by atoms with Crippen molar-refractivity contribution in [1.29, 1.82) is 0 Å². The lowest BCUT2D eigenvalue weighted by atomic mass is 10.1. The molecule has 7 heteroatoms. The molecule has 1 unspecified atom stereocenters. The van der Waals surface area contributed by atoms with Crippen molar-refractivity contribution in [2.24, 2.45) is 5.92 Å². The summed E-state index contributed by atoms with van der Waals surface area (Å²) < 4.78 is 27.4. The minimum atomic E-state index is -3.57. The molecule has 1 saturated heterocycles. The van der Waals surface area contributed by atoms with E-state index in [1.807, 2.05) is 7.05 Å². The second-order valence-electron chi connectivity index (χ2n) is 5.39. The Hall–Kier alpha value is -0.820. The van der Waals surface area contributed by atoms with Gasteiger partial charge in [0.15, 0.2) is 0 Å². The Morgan fingerprint density at radius 1 is 1.50 bits per heavy atom. The summed E-state index contributed by atoms with van der Waals surface area (Å²) in [6, 6.07) is 3.00. The van der Waals surface area contributed by atoms with Gasteiger partial charge in [-0.15, -0.1) is 0 Å². The number of anilines is 1. The van der Waals surface area contributed by atoms with E-state index in [4.69, 9.17) is 17.3 Å². The molecular weight excluding hydrogens is 298 g/mol. The summed E-state index contributed by atoms with van der Waals surface area (Å²) in [5.74, 6) is 0.353. The van der Waals surface area contributed by atoms with Gasteiger partial charge < -0.3 is 10.6 Å². The van der Waals surface area contributed by atoms with Crippen molar-refractivity contribution in [1.82, 2.24) is 9.62 Å². The van der Waals surface area contributed by atoms with E-state index in [9.17, 15) is 8.42 Å². The molecule has 1 aliphatic rings. The van der Waals surface area contributed by atoms with Gasteiger partial charge in [0.05, 0.1) is 4.90 Å². The van der Waals surface area contributed by atoms with E-state index in [0.717, 1.165) is 19.5 Å². The maximum atomic E-state index is 12.4. The number of benzene rings is 1. The Balaban J connectivity index is 2.14. The summed E-state index contributed by atoms with van der Waals surface area (Å²) in [6.45, 7) is 4.05. The number of hydrogen-bond acceptors (Lipinski definition) is 4. The van der Waals surface area contributed by atoms with Crippen molar-refractivity contribution in [3.63, 3.8) is 0 Å². The summed E-state index contributed by atoms with van der Waals surface area (Å²) in [7, 11) is -1.54. The molecule has 20 heavy (non-hydrogen) atoms. The molecule has 1 heterocycles. The lowest BCUT2D eigenvalue weighted by molar-refractivity contribution is 0.394. The zero-order valence-electron chi connectivity index (χ0n) is 11.7. The molecule has 0 amide bonds.